The second-order valence-electron chi connectivity index (χ2n) is 3.08. The molecule has 0 aliphatic heterocycles. The number of rotatable bonds is 6. The smallest absolute Gasteiger partial charge is 0.115 e. The number of nitrogens with one attached hydrogen (secondary N) is 1. The average Bonchev–Trinajstić information content (AvgIpc) is 2.18. The van der Waals surface area contributed by atoms with Crippen LogP contribution in [0, 0.1) is 0 Å². The van der Waals surface area contributed by atoms with Crippen LogP contribution >= 0.6 is 0 Å². The van der Waals surface area contributed by atoms with Gasteiger partial charge in [-0.1, -0.05) is 19.1 Å². The zero-order valence-electron chi connectivity index (χ0n) is 8.49. The molecule has 0 aliphatic rings. The molecular formula is C11H17NO2. The highest BCUT2D eigenvalue weighted by Crippen LogP contribution is 2.11. The molecule has 0 aliphatic carbocycles. The first kappa shape index (κ1) is 11.0. The Hall–Kier alpha value is -1.06. The van der Waals surface area contributed by atoms with Crippen molar-refractivity contribution in [1.29, 1.82) is 0 Å². The number of hydrogen-bond donors (Lipinski definition) is 2. The highest BCUT2D eigenvalue weighted by molar-refractivity contribution is 5.26. The van der Waals surface area contributed by atoms with E-state index in [4.69, 9.17) is 4.74 Å². The van der Waals surface area contributed by atoms with E-state index in [1.165, 1.54) is 0 Å². The first-order valence-corrected chi connectivity index (χ1v) is 4.89. The van der Waals surface area contributed by atoms with Crippen LogP contribution in [-0.4, -0.2) is 24.8 Å². The topological polar surface area (TPSA) is 41.5 Å². The Morgan fingerprint density at radius 2 is 2.29 bits per heavy atom. The molecule has 0 saturated heterocycles. The molecule has 78 valence electrons. The van der Waals surface area contributed by atoms with E-state index in [1.54, 1.807) is 12.1 Å². The van der Waals surface area contributed by atoms with Crippen LogP contribution in [0.4, 0.5) is 0 Å². The SMILES string of the molecule is CCNCCOCc1cccc(O)c1. The zero-order valence-corrected chi connectivity index (χ0v) is 8.49. The van der Waals surface area contributed by atoms with Gasteiger partial charge in [0.1, 0.15) is 5.75 Å². The normalized spacial score (nSPS) is 10.4. The van der Waals surface area contributed by atoms with Crippen molar-refractivity contribution in [3.8, 4) is 5.75 Å². The molecule has 0 heterocycles. The molecule has 1 aromatic rings. The molecule has 0 aromatic heterocycles. The van der Waals surface area contributed by atoms with Crippen LogP contribution in [0.25, 0.3) is 0 Å². The van der Waals surface area contributed by atoms with Gasteiger partial charge in [0.05, 0.1) is 13.2 Å². The molecule has 0 amide bonds. The summed E-state index contributed by atoms with van der Waals surface area (Å²) in [6, 6.07) is 7.13. The molecule has 0 radical (unpaired) electrons. The molecule has 0 fully saturated rings. The van der Waals surface area contributed by atoms with E-state index in [0.29, 0.717) is 13.2 Å². The van der Waals surface area contributed by atoms with Crippen molar-refractivity contribution in [3.05, 3.63) is 29.8 Å². The molecule has 0 bridgehead atoms. The molecule has 3 nitrogen and oxygen atoms in total. The lowest BCUT2D eigenvalue weighted by molar-refractivity contribution is 0.123. The van der Waals surface area contributed by atoms with E-state index in [0.717, 1.165) is 18.7 Å². The second-order valence-corrected chi connectivity index (χ2v) is 3.08. The van der Waals surface area contributed by atoms with Gasteiger partial charge in [-0.25, -0.2) is 0 Å². The van der Waals surface area contributed by atoms with Crippen molar-refractivity contribution in [2.45, 2.75) is 13.5 Å². The van der Waals surface area contributed by atoms with Crippen molar-refractivity contribution in [3.63, 3.8) is 0 Å². The highest BCUT2D eigenvalue weighted by atomic mass is 16.5. The minimum atomic E-state index is 0.290. The van der Waals surface area contributed by atoms with Gasteiger partial charge in [-0.05, 0) is 24.2 Å². The lowest BCUT2D eigenvalue weighted by Gasteiger charge is -2.04. The van der Waals surface area contributed by atoms with E-state index in [1.807, 2.05) is 12.1 Å². The van der Waals surface area contributed by atoms with E-state index in [9.17, 15) is 5.11 Å². The number of phenols is 1. The maximum absolute atomic E-state index is 9.19. The Balaban J connectivity index is 2.18. The minimum absolute atomic E-state index is 0.290. The molecule has 14 heavy (non-hydrogen) atoms. The summed E-state index contributed by atoms with van der Waals surface area (Å²) < 4.78 is 5.40. The largest absolute Gasteiger partial charge is 0.508 e. The summed E-state index contributed by atoms with van der Waals surface area (Å²) in [4.78, 5) is 0. The Labute approximate surface area is 84.7 Å². The van der Waals surface area contributed by atoms with E-state index in [2.05, 4.69) is 12.2 Å². The monoisotopic (exact) mass is 195 g/mol. The maximum atomic E-state index is 9.19. The third-order valence-corrected chi connectivity index (χ3v) is 1.85. The predicted octanol–water partition coefficient (Wildman–Crippen LogP) is 1.52. The average molecular weight is 195 g/mol. The molecule has 0 unspecified atom stereocenters. The van der Waals surface area contributed by atoms with Gasteiger partial charge in [0.2, 0.25) is 0 Å². The Morgan fingerprint density at radius 3 is 3.00 bits per heavy atom. The number of hydrogen-bond acceptors (Lipinski definition) is 3. The highest BCUT2D eigenvalue weighted by Gasteiger charge is 1.94. The van der Waals surface area contributed by atoms with Crippen LogP contribution in [0.1, 0.15) is 12.5 Å². The first-order chi connectivity index (χ1) is 6.83. The van der Waals surface area contributed by atoms with E-state index in [-0.39, 0.29) is 5.75 Å². The van der Waals surface area contributed by atoms with Crippen molar-refractivity contribution < 1.29 is 9.84 Å². The zero-order chi connectivity index (χ0) is 10.2. The van der Waals surface area contributed by atoms with Gasteiger partial charge in [-0.3, -0.25) is 0 Å². The van der Waals surface area contributed by atoms with Crippen LogP contribution < -0.4 is 5.32 Å². The summed E-state index contributed by atoms with van der Waals surface area (Å²) in [6.45, 7) is 5.16. The molecule has 3 heteroatoms. The molecule has 1 rings (SSSR count). The third-order valence-electron chi connectivity index (χ3n) is 1.85. The van der Waals surface area contributed by atoms with Crippen LogP contribution in [-0.2, 0) is 11.3 Å². The fourth-order valence-corrected chi connectivity index (χ4v) is 1.16. The first-order valence-electron chi connectivity index (χ1n) is 4.89. The van der Waals surface area contributed by atoms with Gasteiger partial charge in [-0.2, -0.15) is 0 Å². The number of likely N-dealkylation sites (N-methyl/N-ethyl adjacent to an activating group) is 1. The maximum Gasteiger partial charge on any atom is 0.115 e. The Kier molecular flexibility index (Phi) is 5.04. The third kappa shape index (κ3) is 4.25. The standard InChI is InChI=1S/C11H17NO2/c1-2-12-6-7-14-9-10-4-3-5-11(13)8-10/h3-5,8,12-13H,2,6-7,9H2,1H3. The number of aromatic hydroxyl groups is 1. The lowest BCUT2D eigenvalue weighted by Crippen LogP contribution is -2.18. The molecule has 0 atom stereocenters. The summed E-state index contributed by atoms with van der Waals surface area (Å²) in [6.07, 6.45) is 0. The van der Waals surface area contributed by atoms with Gasteiger partial charge < -0.3 is 15.2 Å². The number of ether oxygens (including phenoxy) is 1. The van der Waals surface area contributed by atoms with Gasteiger partial charge in [0, 0.05) is 6.54 Å². The fourth-order valence-electron chi connectivity index (χ4n) is 1.16. The predicted molar refractivity (Wildman–Crippen MR) is 56.3 cm³/mol. The molecule has 0 saturated carbocycles. The van der Waals surface area contributed by atoms with Gasteiger partial charge in [0.25, 0.3) is 0 Å². The summed E-state index contributed by atoms with van der Waals surface area (Å²) in [5, 5.41) is 12.4. The molecule has 1 aromatic carbocycles. The van der Waals surface area contributed by atoms with E-state index < -0.39 is 0 Å². The van der Waals surface area contributed by atoms with Crippen LogP contribution in [0.5, 0.6) is 5.75 Å². The minimum Gasteiger partial charge on any atom is -0.508 e. The summed E-state index contributed by atoms with van der Waals surface area (Å²) in [5.41, 5.74) is 1.00. The molecular weight excluding hydrogens is 178 g/mol. The van der Waals surface area contributed by atoms with Crippen LogP contribution in [0.3, 0.4) is 0 Å². The molecule has 2 N–H and O–H groups in total. The van der Waals surface area contributed by atoms with Gasteiger partial charge in [-0.15, -0.1) is 0 Å². The quantitative estimate of drug-likeness (QED) is 0.676. The second kappa shape index (κ2) is 6.40. The lowest BCUT2D eigenvalue weighted by atomic mass is 10.2. The summed E-state index contributed by atoms with van der Waals surface area (Å²) >= 11 is 0. The fraction of sp³-hybridized carbons (Fsp3) is 0.455. The van der Waals surface area contributed by atoms with Gasteiger partial charge in [0.15, 0.2) is 0 Å². The number of phenolic OH excluding ortho intramolecular Hbond substituents is 1. The van der Waals surface area contributed by atoms with Crippen molar-refractivity contribution >= 4 is 0 Å². The van der Waals surface area contributed by atoms with Crippen LogP contribution in [0.2, 0.25) is 0 Å². The Bertz CT molecular complexity index is 263. The molecule has 0 spiro atoms. The van der Waals surface area contributed by atoms with E-state index >= 15 is 0 Å². The Morgan fingerprint density at radius 1 is 1.43 bits per heavy atom. The van der Waals surface area contributed by atoms with Crippen LogP contribution in [0.15, 0.2) is 24.3 Å². The van der Waals surface area contributed by atoms with Crippen molar-refractivity contribution in [1.82, 2.24) is 5.32 Å². The van der Waals surface area contributed by atoms with Crippen molar-refractivity contribution in [2.75, 3.05) is 19.7 Å². The summed E-state index contributed by atoms with van der Waals surface area (Å²) in [7, 11) is 0. The number of benzene rings is 1. The van der Waals surface area contributed by atoms with Crippen molar-refractivity contribution in [2.24, 2.45) is 0 Å². The summed E-state index contributed by atoms with van der Waals surface area (Å²) in [5.74, 6) is 0.290. The van der Waals surface area contributed by atoms with Gasteiger partial charge >= 0.3 is 0 Å².